The normalized spacial score (nSPS) is 10.7. The van der Waals surface area contributed by atoms with Crippen molar-refractivity contribution in [2.24, 2.45) is 4.99 Å². The number of nitrogens with zero attached hydrogens (tertiary/aromatic N) is 1. The minimum absolute atomic E-state index is 0. The van der Waals surface area contributed by atoms with Crippen molar-refractivity contribution in [2.45, 2.75) is 11.8 Å². The zero-order chi connectivity index (χ0) is 19.5. The fourth-order valence-corrected chi connectivity index (χ4v) is 3.00. The molecule has 0 bridgehead atoms. The van der Waals surface area contributed by atoms with Crippen molar-refractivity contribution in [3.8, 4) is 5.75 Å². The van der Waals surface area contributed by atoms with Crippen LogP contribution in [0.3, 0.4) is 0 Å². The molecular weight excluding hydrogens is 511 g/mol. The maximum Gasteiger partial charge on any atom is 0.246 e. The van der Waals surface area contributed by atoms with Gasteiger partial charge in [0.05, 0.1) is 0 Å². The highest BCUT2D eigenvalue weighted by Crippen LogP contribution is 2.19. The van der Waals surface area contributed by atoms with E-state index in [1.54, 1.807) is 23.9 Å². The van der Waals surface area contributed by atoms with Crippen molar-refractivity contribution in [2.75, 3.05) is 30.7 Å². The smallest absolute Gasteiger partial charge is 0.246 e. The van der Waals surface area contributed by atoms with Crippen LogP contribution < -0.4 is 16.0 Å². The summed E-state index contributed by atoms with van der Waals surface area (Å²) in [5.41, 5.74) is 0.616. The number of carbonyl (C=O) groups excluding carboxylic acids is 1. The van der Waals surface area contributed by atoms with Crippen LogP contribution in [0.5, 0.6) is 5.75 Å². The highest BCUT2D eigenvalue weighted by atomic mass is 127. The second kappa shape index (κ2) is 13.5. The lowest BCUT2D eigenvalue weighted by molar-refractivity contribution is -0.114. The monoisotopic (exact) mass is 534 g/mol. The molecule has 2 aromatic rings. The number of nitrogens with one attached hydrogen (secondary N) is 3. The average molecular weight is 535 g/mol. The number of aromatic hydroxyl groups is 1. The molecule has 2 rings (SSSR count). The van der Waals surface area contributed by atoms with E-state index in [4.69, 9.17) is 11.6 Å². The molecule has 0 aliphatic carbocycles. The Balaban J connectivity index is 0.00000392. The van der Waals surface area contributed by atoms with Crippen LogP contribution in [0, 0.1) is 0 Å². The number of carbonyl (C=O) groups is 1. The Kier molecular flexibility index (Phi) is 11.8. The molecular formula is C19H24ClIN4O2S. The van der Waals surface area contributed by atoms with Gasteiger partial charge in [-0.25, -0.2) is 4.99 Å². The van der Waals surface area contributed by atoms with Gasteiger partial charge in [-0.05, 0) is 55.5 Å². The van der Waals surface area contributed by atoms with Gasteiger partial charge in [-0.15, -0.1) is 35.7 Å². The number of aliphatic imine (C=N–C) groups is 1. The Hall–Kier alpha value is -1.65. The summed E-state index contributed by atoms with van der Waals surface area (Å²) in [6, 6.07) is 14.0. The molecule has 1 amide bonds. The maximum absolute atomic E-state index is 12.0. The van der Waals surface area contributed by atoms with E-state index in [0.717, 1.165) is 15.7 Å². The number of anilines is 1. The van der Waals surface area contributed by atoms with Crippen LogP contribution in [0.4, 0.5) is 5.69 Å². The summed E-state index contributed by atoms with van der Waals surface area (Å²) in [6.07, 6.45) is 0. The Labute approximate surface area is 191 Å². The van der Waals surface area contributed by atoms with Gasteiger partial charge in [0.15, 0.2) is 5.96 Å². The van der Waals surface area contributed by atoms with Gasteiger partial charge < -0.3 is 21.1 Å². The molecule has 0 spiro atoms. The molecule has 0 fully saturated rings. The number of guanidine groups is 1. The lowest BCUT2D eigenvalue weighted by Gasteiger charge is -2.11. The molecule has 0 aromatic heterocycles. The SMILES string of the molecule is CCNC(=NCC(=O)Nc1ccc(O)cc1)NCCSc1ccc(Cl)cc1.I. The van der Waals surface area contributed by atoms with E-state index >= 15 is 0 Å². The minimum Gasteiger partial charge on any atom is -0.508 e. The third kappa shape index (κ3) is 9.52. The third-order valence-corrected chi connectivity index (χ3v) is 4.62. The van der Waals surface area contributed by atoms with Gasteiger partial charge in [0.1, 0.15) is 12.3 Å². The molecule has 0 radical (unpaired) electrons. The highest BCUT2D eigenvalue weighted by molar-refractivity contribution is 14.0. The number of benzene rings is 2. The minimum atomic E-state index is -0.228. The number of phenols is 1. The number of thioether (sulfide) groups is 1. The standard InChI is InChI=1S/C19H23ClN4O2S.HI/c1-2-21-19(22-11-12-27-17-9-3-14(20)4-10-17)23-13-18(26)24-15-5-7-16(25)8-6-15;/h3-10,25H,2,11-13H2,1H3,(H,24,26)(H2,21,22,23);1H. The van der Waals surface area contributed by atoms with Gasteiger partial charge in [-0.3, -0.25) is 4.79 Å². The van der Waals surface area contributed by atoms with Crippen LogP contribution in [0.2, 0.25) is 5.02 Å². The van der Waals surface area contributed by atoms with Gasteiger partial charge >= 0.3 is 0 Å². The molecule has 0 heterocycles. The molecule has 6 nitrogen and oxygen atoms in total. The van der Waals surface area contributed by atoms with Gasteiger partial charge in [0, 0.05) is 34.4 Å². The number of hydrogen-bond donors (Lipinski definition) is 4. The van der Waals surface area contributed by atoms with E-state index in [9.17, 15) is 9.90 Å². The molecule has 28 heavy (non-hydrogen) atoms. The number of rotatable bonds is 8. The average Bonchev–Trinajstić information content (AvgIpc) is 2.66. The highest BCUT2D eigenvalue weighted by Gasteiger charge is 2.03. The molecule has 0 atom stereocenters. The van der Waals surface area contributed by atoms with E-state index in [1.807, 2.05) is 31.2 Å². The predicted octanol–water partition coefficient (Wildman–Crippen LogP) is 3.95. The lowest BCUT2D eigenvalue weighted by atomic mass is 10.3. The zero-order valence-corrected chi connectivity index (χ0v) is 19.3. The Morgan fingerprint density at radius 2 is 1.79 bits per heavy atom. The van der Waals surface area contributed by atoms with Crippen molar-refractivity contribution < 1.29 is 9.90 Å². The van der Waals surface area contributed by atoms with Gasteiger partial charge in [-0.2, -0.15) is 0 Å². The van der Waals surface area contributed by atoms with Crippen molar-refractivity contribution in [1.29, 1.82) is 0 Å². The summed E-state index contributed by atoms with van der Waals surface area (Å²) >= 11 is 7.59. The quantitative estimate of drug-likeness (QED) is 0.103. The fourth-order valence-electron chi connectivity index (χ4n) is 2.11. The number of phenolic OH excluding ortho intramolecular Hbond substituents is 1. The fraction of sp³-hybridized carbons (Fsp3) is 0.263. The molecule has 2 aromatic carbocycles. The first kappa shape index (κ1) is 24.4. The molecule has 0 saturated carbocycles. The summed E-state index contributed by atoms with van der Waals surface area (Å²) in [5, 5.41) is 19.0. The molecule has 9 heteroatoms. The Bertz CT molecular complexity index is 758. The Morgan fingerprint density at radius 3 is 2.43 bits per heavy atom. The first-order chi connectivity index (χ1) is 13.1. The zero-order valence-electron chi connectivity index (χ0n) is 15.4. The topological polar surface area (TPSA) is 85.8 Å². The van der Waals surface area contributed by atoms with Crippen molar-refractivity contribution >= 4 is 64.9 Å². The molecule has 152 valence electrons. The molecule has 0 aliphatic heterocycles. The summed E-state index contributed by atoms with van der Waals surface area (Å²) in [6.45, 7) is 3.38. The molecule has 4 N–H and O–H groups in total. The number of halogens is 2. The van der Waals surface area contributed by atoms with Crippen LogP contribution in [-0.2, 0) is 4.79 Å². The third-order valence-electron chi connectivity index (χ3n) is 3.35. The summed E-state index contributed by atoms with van der Waals surface area (Å²) in [7, 11) is 0. The van der Waals surface area contributed by atoms with E-state index in [2.05, 4.69) is 20.9 Å². The van der Waals surface area contributed by atoms with Crippen LogP contribution in [0.1, 0.15) is 6.92 Å². The summed E-state index contributed by atoms with van der Waals surface area (Å²) < 4.78 is 0. The van der Waals surface area contributed by atoms with Gasteiger partial charge in [0.2, 0.25) is 5.91 Å². The maximum atomic E-state index is 12.0. The van der Waals surface area contributed by atoms with Crippen LogP contribution in [0.25, 0.3) is 0 Å². The number of amides is 1. The molecule has 0 aliphatic rings. The van der Waals surface area contributed by atoms with Crippen LogP contribution in [0.15, 0.2) is 58.4 Å². The first-order valence-corrected chi connectivity index (χ1v) is 9.92. The summed E-state index contributed by atoms with van der Waals surface area (Å²) in [4.78, 5) is 17.4. The number of hydrogen-bond acceptors (Lipinski definition) is 4. The van der Waals surface area contributed by atoms with E-state index in [1.165, 1.54) is 12.1 Å². The van der Waals surface area contributed by atoms with Gasteiger partial charge in [-0.1, -0.05) is 11.6 Å². The molecule has 0 unspecified atom stereocenters. The van der Waals surface area contributed by atoms with E-state index < -0.39 is 0 Å². The second-order valence-electron chi connectivity index (χ2n) is 5.52. The summed E-state index contributed by atoms with van der Waals surface area (Å²) in [5.74, 6) is 1.37. The van der Waals surface area contributed by atoms with Crippen molar-refractivity contribution in [3.63, 3.8) is 0 Å². The van der Waals surface area contributed by atoms with E-state index in [0.29, 0.717) is 24.7 Å². The first-order valence-electron chi connectivity index (χ1n) is 8.56. The predicted molar refractivity (Wildman–Crippen MR) is 128 cm³/mol. The lowest BCUT2D eigenvalue weighted by Crippen LogP contribution is -2.39. The van der Waals surface area contributed by atoms with E-state index in [-0.39, 0.29) is 42.2 Å². The van der Waals surface area contributed by atoms with Crippen molar-refractivity contribution in [3.05, 3.63) is 53.6 Å². The largest absolute Gasteiger partial charge is 0.508 e. The Morgan fingerprint density at radius 1 is 1.11 bits per heavy atom. The molecule has 0 saturated heterocycles. The van der Waals surface area contributed by atoms with Crippen LogP contribution >= 0.6 is 47.3 Å². The van der Waals surface area contributed by atoms with Crippen molar-refractivity contribution in [1.82, 2.24) is 10.6 Å². The van der Waals surface area contributed by atoms with Crippen LogP contribution in [-0.4, -0.2) is 42.4 Å². The second-order valence-corrected chi connectivity index (χ2v) is 7.12. The van der Waals surface area contributed by atoms with Gasteiger partial charge in [0.25, 0.3) is 0 Å².